The third-order valence-electron chi connectivity index (χ3n) is 3.85. The number of hydrogen-bond donors (Lipinski definition) is 0. The van der Waals surface area contributed by atoms with Gasteiger partial charge < -0.3 is 4.43 Å². The van der Waals surface area contributed by atoms with Gasteiger partial charge in [0.2, 0.25) is 0 Å². The van der Waals surface area contributed by atoms with Gasteiger partial charge in [0, 0.05) is 0 Å². The molecule has 1 nitrogen and oxygen atoms in total. The predicted octanol–water partition coefficient (Wildman–Crippen LogP) is 6.63. The summed E-state index contributed by atoms with van der Waals surface area (Å²) in [6.45, 7) is 16.5. The number of allylic oxidation sites excluding steroid dienone is 4. The smallest absolute Gasteiger partial charge is 0.192 e. The van der Waals surface area contributed by atoms with Crippen LogP contribution in [0.15, 0.2) is 33.5 Å². The van der Waals surface area contributed by atoms with Crippen LogP contribution in [0.3, 0.4) is 0 Å². The van der Waals surface area contributed by atoms with E-state index in [0.29, 0.717) is 5.04 Å². The maximum absolute atomic E-state index is 6.21. The Morgan fingerprint density at radius 1 is 1.15 bits per heavy atom. The molecule has 0 atom stereocenters. The van der Waals surface area contributed by atoms with Gasteiger partial charge >= 0.3 is 0 Å². The van der Waals surface area contributed by atoms with E-state index in [9.17, 15) is 0 Å². The van der Waals surface area contributed by atoms with E-state index in [2.05, 4.69) is 92.6 Å². The van der Waals surface area contributed by atoms with Gasteiger partial charge in [0.1, 0.15) is 0 Å². The number of unbranched alkanes of at least 4 members (excludes halogenated alkanes) is 1. The van der Waals surface area contributed by atoms with Gasteiger partial charge in [-0.2, -0.15) is 0 Å². The molecule has 0 aromatic rings. The Bertz CT molecular complexity index is 373. The summed E-state index contributed by atoms with van der Waals surface area (Å²) in [6.07, 6.45) is 8.92. The molecular formula is C17H31IOSi. The van der Waals surface area contributed by atoms with Crippen LogP contribution < -0.4 is 0 Å². The van der Waals surface area contributed by atoms with E-state index in [4.69, 9.17) is 4.43 Å². The second kappa shape index (κ2) is 9.21. The molecule has 20 heavy (non-hydrogen) atoms. The summed E-state index contributed by atoms with van der Waals surface area (Å²) in [6, 6.07) is 0. The lowest BCUT2D eigenvalue weighted by molar-refractivity contribution is 0.318. The largest absolute Gasteiger partial charge is 0.413 e. The van der Waals surface area contributed by atoms with Gasteiger partial charge in [0.05, 0.1) is 6.61 Å². The summed E-state index contributed by atoms with van der Waals surface area (Å²) >= 11 is 2.27. The van der Waals surface area contributed by atoms with E-state index in [0.717, 1.165) is 19.4 Å². The van der Waals surface area contributed by atoms with Crippen LogP contribution in [0.1, 0.15) is 47.5 Å². The van der Waals surface area contributed by atoms with Crippen LogP contribution in [0.5, 0.6) is 0 Å². The van der Waals surface area contributed by atoms with Gasteiger partial charge in [-0.25, -0.2) is 0 Å². The van der Waals surface area contributed by atoms with Crippen molar-refractivity contribution < 1.29 is 4.43 Å². The van der Waals surface area contributed by atoms with Crippen molar-refractivity contribution in [2.24, 2.45) is 0 Å². The van der Waals surface area contributed by atoms with Gasteiger partial charge in [-0.3, -0.25) is 0 Å². The second-order valence-corrected chi connectivity index (χ2v) is 12.4. The molecule has 3 heteroatoms. The number of hydrogen-bond acceptors (Lipinski definition) is 1. The summed E-state index contributed by atoms with van der Waals surface area (Å²) in [4.78, 5) is 0. The summed E-state index contributed by atoms with van der Waals surface area (Å²) < 4.78 is 8.31. The molecule has 0 aromatic heterocycles. The molecule has 0 amide bonds. The molecule has 0 heterocycles. The predicted molar refractivity (Wildman–Crippen MR) is 103 cm³/mol. The van der Waals surface area contributed by atoms with Gasteiger partial charge in [-0.05, 0) is 54.5 Å². The van der Waals surface area contributed by atoms with Crippen molar-refractivity contribution in [3.05, 3.63) is 33.5 Å². The van der Waals surface area contributed by atoms with Gasteiger partial charge in [0.15, 0.2) is 8.32 Å². The molecule has 0 N–H and O–H groups in total. The molecule has 0 rings (SSSR count). The zero-order valence-corrected chi connectivity index (χ0v) is 17.4. The normalized spacial score (nSPS) is 15.2. The first-order chi connectivity index (χ1) is 9.10. The molecule has 116 valence electrons. The lowest BCUT2D eigenvalue weighted by atomic mass is 10.2. The van der Waals surface area contributed by atoms with Crippen LogP contribution in [0.4, 0.5) is 0 Å². The van der Waals surface area contributed by atoms with Gasteiger partial charge in [-0.1, -0.05) is 67.2 Å². The standard InChI is InChI=1S/C17H31IOSi/c1-15(13-18)11-9-8-10-12-16(2)14-19-20(6,7)17(3,4)5/h9,11-13H,8,10,14H2,1-7H3/b11-9+,15-13+,16-12+. The first-order valence-corrected chi connectivity index (χ1v) is 11.5. The van der Waals surface area contributed by atoms with E-state index in [1.807, 2.05) is 0 Å². The van der Waals surface area contributed by atoms with Gasteiger partial charge in [0.25, 0.3) is 0 Å². The van der Waals surface area contributed by atoms with E-state index < -0.39 is 8.32 Å². The monoisotopic (exact) mass is 406 g/mol. The fraction of sp³-hybridized carbons (Fsp3) is 0.647. The van der Waals surface area contributed by atoms with Gasteiger partial charge in [-0.15, -0.1) is 0 Å². The first-order valence-electron chi connectivity index (χ1n) is 7.33. The molecule has 0 spiro atoms. The molecule has 0 saturated heterocycles. The van der Waals surface area contributed by atoms with Crippen molar-refractivity contribution >= 4 is 30.9 Å². The Labute approximate surface area is 140 Å². The summed E-state index contributed by atoms with van der Waals surface area (Å²) in [5.74, 6) is 0. The minimum absolute atomic E-state index is 0.291. The Kier molecular flexibility index (Phi) is 9.27. The highest BCUT2D eigenvalue weighted by Crippen LogP contribution is 2.36. The average Bonchev–Trinajstić information content (AvgIpc) is 2.34. The molecule has 0 aromatic carbocycles. The van der Waals surface area contributed by atoms with Crippen molar-refractivity contribution in [3.63, 3.8) is 0 Å². The highest BCUT2D eigenvalue weighted by atomic mass is 127. The maximum atomic E-state index is 6.21. The Morgan fingerprint density at radius 3 is 2.25 bits per heavy atom. The molecular weight excluding hydrogens is 375 g/mol. The van der Waals surface area contributed by atoms with E-state index in [1.165, 1.54) is 11.1 Å². The second-order valence-electron chi connectivity index (χ2n) is 6.93. The van der Waals surface area contributed by atoms with E-state index >= 15 is 0 Å². The summed E-state index contributed by atoms with van der Waals surface area (Å²) in [5, 5.41) is 0.291. The van der Waals surface area contributed by atoms with Crippen molar-refractivity contribution in [3.8, 4) is 0 Å². The summed E-state index contributed by atoms with van der Waals surface area (Å²) in [5.41, 5.74) is 2.66. The minimum atomic E-state index is -1.61. The molecule has 0 bridgehead atoms. The van der Waals surface area contributed by atoms with Crippen molar-refractivity contribution in [1.82, 2.24) is 0 Å². The fourth-order valence-electron chi connectivity index (χ4n) is 1.30. The van der Waals surface area contributed by atoms with Crippen molar-refractivity contribution in [2.75, 3.05) is 6.61 Å². The topological polar surface area (TPSA) is 9.23 Å². The Morgan fingerprint density at radius 2 is 1.75 bits per heavy atom. The van der Waals surface area contributed by atoms with Crippen LogP contribution in [-0.4, -0.2) is 14.9 Å². The number of rotatable bonds is 7. The lowest BCUT2D eigenvalue weighted by Crippen LogP contribution is -2.41. The molecule has 0 fully saturated rings. The number of halogens is 1. The average molecular weight is 406 g/mol. The van der Waals surface area contributed by atoms with Crippen molar-refractivity contribution in [2.45, 2.75) is 65.6 Å². The zero-order chi connectivity index (χ0) is 15.8. The van der Waals surface area contributed by atoms with Crippen LogP contribution in [-0.2, 0) is 4.43 Å². The molecule has 0 saturated carbocycles. The molecule has 0 unspecified atom stereocenters. The highest BCUT2D eigenvalue weighted by Gasteiger charge is 2.36. The van der Waals surface area contributed by atoms with E-state index in [-0.39, 0.29) is 0 Å². The van der Waals surface area contributed by atoms with Crippen molar-refractivity contribution in [1.29, 1.82) is 0 Å². The Hall–Kier alpha value is 0.127. The maximum Gasteiger partial charge on any atom is 0.192 e. The van der Waals surface area contributed by atoms with Crippen LogP contribution in [0.2, 0.25) is 18.1 Å². The summed E-state index contributed by atoms with van der Waals surface area (Å²) in [7, 11) is -1.61. The zero-order valence-electron chi connectivity index (χ0n) is 14.2. The van der Waals surface area contributed by atoms with Crippen LogP contribution in [0.25, 0.3) is 0 Å². The van der Waals surface area contributed by atoms with Crippen LogP contribution in [0, 0.1) is 0 Å². The highest BCUT2D eigenvalue weighted by molar-refractivity contribution is 14.1. The lowest BCUT2D eigenvalue weighted by Gasteiger charge is -2.36. The minimum Gasteiger partial charge on any atom is -0.413 e. The third kappa shape index (κ3) is 8.42. The Balaban J connectivity index is 4.14. The molecule has 0 aliphatic heterocycles. The molecule has 0 aliphatic rings. The van der Waals surface area contributed by atoms with E-state index in [1.54, 1.807) is 0 Å². The first kappa shape index (κ1) is 20.1. The third-order valence-corrected chi connectivity index (χ3v) is 9.31. The quantitative estimate of drug-likeness (QED) is 0.152. The molecule has 0 radical (unpaired) electrons. The van der Waals surface area contributed by atoms with Crippen LogP contribution >= 0.6 is 22.6 Å². The fourth-order valence-corrected chi connectivity index (χ4v) is 2.53. The molecule has 0 aliphatic carbocycles. The SMILES string of the molecule is CC(/C=C/CC/C=C(\C)CO[Si](C)(C)C(C)(C)C)=C\I.